The van der Waals surface area contributed by atoms with Crippen molar-refractivity contribution in [2.75, 3.05) is 5.88 Å². The second kappa shape index (κ2) is 6.25. The van der Waals surface area contributed by atoms with Crippen molar-refractivity contribution in [3.05, 3.63) is 23.0 Å². The molecule has 2 nitrogen and oxygen atoms in total. The molecule has 1 aromatic rings. The first-order valence-corrected chi connectivity index (χ1v) is 6.76. The maximum atomic E-state index is 11.9. The number of nitrogens with zero attached hydrogens (tertiary/aromatic N) is 1. The molecule has 0 aromatic carbocycles. The number of Topliss-reactive ketones (excluding diaryl/α,β-unsaturated/α-hetero) is 1. The molecule has 0 aliphatic carbocycles. The van der Waals surface area contributed by atoms with Crippen molar-refractivity contribution >= 4 is 17.4 Å². The predicted molar refractivity (Wildman–Crippen MR) is 73.0 cm³/mol. The van der Waals surface area contributed by atoms with Gasteiger partial charge in [0.25, 0.3) is 0 Å². The molecular weight excluding hydrogens is 234 g/mol. The first-order chi connectivity index (χ1) is 7.97. The molecule has 1 rings (SSSR count). The predicted octanol–water partition coefficient (Wildman–Crippen LogP) is 3.96. The number of hydrogen-bond donors (Lipinski definition) is 0. The highest BCUT2D eigenvalue weighted by atomic mass is 35.5. The number of aryl methyl sites for hydroxylation is 1. The van der Waals surface area contributed by atoms with Crippen molar-refractivity contribution in [2.45, 2.75) is 47.1 Å². The van der Waals surface area contributed by atoms with E-state index in [0.717, 1.165) is 24.2 Å². The number of alkyl halides is 1. The van der Waals surface area contributed by atoms with Gasteiger partial charge in [-0.2, -0.15) is 0 Å². The van der Waals surface area contributed by atoms with E-state index in [-0.39, 0.29) is 5.78 Å². The maximum Gasteiger partial charge on any atom is 0.165 e. The van der Waals surface area contributed by atoms with E-state index in [1.165, 1.54) is 5.69 Å². The van der Waals surface area contributed by atoms with Crippen LogP contribution in [0.4, 0.5) is 0 Å². The fourth-order valence-electron chi connectivity index (χ4n) is 2.04. The fourth-order valence-corrected chi connectivity index (χ4v) is 2.21. The van der Waals surface area contributed by atoms with Crippen LogP contribution in [0, 0.1) is 19.8 Å². The lowest BCUT2D eigenvalue weighted by Gasteiger charge is -2.11. The van der Waals surface area contributed by atoms with Gasteiger partial charge < -0.3 is 4.57 Å². The van der Waals surface area contributed by atoms with Crippen molar-refractivity contribution in [1.82, 2.24) is 4.57 Å². The number of carbonyl (C=O) groups excluding carboxylic acids is 1. The van der Waals surface area contributed by atoms with Crippen molar-refractivity contribution in [3.8, 4) is 0 Å². The minimum absolute atomic E-state index is 0.156. The Balaban J connectivity index is 2.89. The summed E-state index contributed by atoms with van der Waals surface area (Å²) in [7, 11) is 0. The Kier molecular flexibility index (Phi) is 5.26. The van der Waals surface area contributed by atoms with Crippen LogP contribution in [-0.2, 0) is 6.54 Å². The third-order valence-corrected chi connectivity index (χ3v) is 3.31. The van der Waals surface area contributed by atoms with E-state index in [1.807, 2.05) is 13.0 Å². The van der Waals surface area contributed by atoms with E-state index < -0.39 is 0 Å². The van der Waals surface area contributed by atoms with Crippen LogP contribution in [0.2, 0.25) is 0 Å². The smallest absolute Gasteiger partial charge is 0.165 e. The summed E-state index contributed by atoms with van der Waals surface area (Å²) in [6, 6.07) is 1.99. The summed E-state index contributed by atoms with van der Waals surface area (Å²) in [4.78, 5) is 11.9. The van der Waals surface area contributed by atoms with Crippen molar-refractivity contribution in [1.29, 1.82) is 0 Å². The van der Waals surface area contributed by atoms with Gasteiger partial charge in [0.1, 0.15) is 0 Å². The first-order valence-electron chi connectivity index (χ1n) is 6.23. The van der Waals surface area contributed by atoms with E-state index in [0.29, 0.717) is 18.2 Å². The van der Waals surface area contributed by atoms with Crippen LogP contribution in [0.5, 0.6) is 0 Å². The third kappa shape index (κ3) is 3.60. The number of hydrogen-bond acceptors (Lipinski definition) is 1. The largest absolute Gasteiger partial charge is 0.348 e. The molecule has 0 radical (unpaired) electrons. The van der Waals surface area contributed by atoms with Crippen LogP contribution in [-0.4, -0.2) is 16.2 Å². The lowest BCUT2D eigenvalue weighted by atomic mass is 10.1. The summed E-state index contributed by atoms with van der Waals surface area (Å²) in [5.41, 5.74) is 3.09. The second-order valence-electron chi connectivity index (χ2n) is 4.98. The lowest BCUT2D eigenvalue weighted by Crippen LogP contribution is -2.07. The van der Waals surface area contributed by atoms with E-state index in [1.54, 1.807) is 0 Å². The zero-order valence-corrected chi connectivity index (χ0v) is 12.0. The number of aromatic nitrogens is 1. The number of halogens is 1. The number of ketones is 1. The molecule has 0 amide bonds. The van der Waals surface area contributed by atoms with Gasteiger partial charge in [-0.05, 0) is 32.3 Å². The summed E-state index contributed by atoms with van der Waals surface area (Å²) in [5, 5.41) is 0. The molecule has 0 atom stereocenters. The average molecular weight is 256 g/mol. The van der Waals surface area contributed by atoms with E-state index >= 15 is 0 Å². The lowest BCUT2D eigenvalue weighted by molar-refractivity contribution is 0.0988. The highest BCUT2D eigenvalue weighted by Crippen LogP contribution is 2.18. The fraction of sp³-hybridized carbons (Fsp3) is 0.643. The molecule has 3 heteroatoms. The quantitative estimate of drug-likeness (QED) is 0.557. The average Bonchev–Trinajstić information content (AvgIpc) is 2.52. The summed E-state index contributed by atoms with van der Waals surface area (Å²) in [5.74, 6) is 1.23. The highest BCUT2D eigenvalue weighted by Gasteiger charge is 2.14. The number of rotatable bonds is 6. The molecule has 0 unspecified atom stereocenters. The molecule has 17 heavy (non-hydrogen) atoms. The summed E-state index contributed by atoms with van der Waals surface area (Å²) in [6.45, 7) is 9.50. The second-order valence-corrected chi connectivity index (χ2v) is 5.36. The Morgan fingerprint density at radius 3 is 2.59 bits per heavy atom. The van der Waals surface area contributed by atoms with E-state index in [9.17, 15) is 4.79 Å². The summed E-state index contributed by atoms with van der Waals surface area (Å²) < 4.78 is 2.24. The maximum absolute atomic E-state index is 11.9. The SMILES string of the molecule is Cc1cc(C(=O)CCCl)c(C)n1CCC(C)C. The zero-order valence-electron chi connectivity index (χ0n) is 11.2. The Morgan fingerprint density at radius 2 is 2.06 bits per heavy atom. The van der Waals surface area contributed by atoms with Crippen molar-refractivity contribution in [2.24, 2.45) is 5.92 Å². The van der Waals surface area contributed by atoms with Crippen molar-refractivity contribution in [3.63, 3.8) is 0 Å². The van der Waals surface area contributed by atoms with Gasteiger partial charge in [0.15, 0.2) is 5.78 Å². The van der Waals surface area contributed by atoms with Gasteiger partial charge in [-0.3, -0.25) is 4.79 Å². The molecular formula is C14H22ClNO. The van der Waals surface area contributed by atoms with Gasteiger partial charge in [0, 0.05) is 35.8 Å². The minimum Gasteiger partial charge on any atom is -0.348 e. The van der Waals surface area contributed by atoms with Crippen LogP contribution in [0.25, 0.3) is 0 Å². The third-order valence-electron chi connectivity index (χ3n) is 3.13. The zero-order chi connectivity index (χ0) is 13.0. The Morgan fingerprint density at radius 1 is 1.41 bits per heavy atom. The topological polar surface area (TPSA) is 22.0 Å². The normalized spacial score (nSPS) is 11.2. The molecule has 0 saturated heterocycles. The molecule has 0 bridgehead atoms. The van der Waals surface area contributed by atoms with Gasteiger partial charge in [-0.1, -0.05) is 13.8 Å². The molecule has 0 N–H and O–H groups in total. The standard InChI is InChI=1S/C14H22ClNO/c1-10(2)6-8-16-11(3)9-13(12(16)4)14(17)5-7-15/h9-10H,5-8H2,1-4H3. The molecule has 0 fully saturated rings. The van der Waals surface area contributed by atoms with Gasteiger partial charge in [-0.15, -0.1) is 11.6 Å². The molecule has 1 heterocycles. The van der Waals surface area contributed by atoms with Gasteiger partial charge in [0.2, 0.25) is 0 Å². The molecule has 0 spiro atoms. The van der Waals surface area contributed by atoms with Crippen LogP contribution in [0.3, 0.4) is 0 Å². The van der Waals surface area contributed by atoms with Crippen LogP contribution in [0.15, 0.2) is 6.07 Å². The van der Waals surface area contributed by atoms with Gasteiger partial charge in [0.05, 0.1) is 0 Å². The Hall–Kier alpha value is -0.760. The van der Waals surface area contributed by atoms with Gasteiger partial charge in [-0.25, -0.2) is 0 Å². The summed E-state index contributed by atoms with van der Waals surface area (Å²) in [6.07, 6.45) is 1.57. The highest BCUT2D eigenvalue weighted by molar-refractivity contribution is 6.19. The first kappa shape index (κ1) is 14.3. The minimum atomic E-state index is 0.156. The molecule has 0 aliphatic rings. The molecule has 0 saturated carbocycles. The van der Waals surface area contributed by atoms with Gasteiger partial charge >= 0.3 is 0 Å². The number of carbonyl (C=O) groups is 1. The summed E-state index contributed by atoms with van der Waals surface area (Å²) >= 11 is 5.62. The molecule has 0 aliphatic heterocycles. The monoisotopic (exact) mass is 255 g/mol. The van der Waals surface area contributed by atoms with E-state index in [4.69, 9.17) is 11.6 Å². The van der Waals surface area contributed by atoms with Crippen molar-refractivity contribution < 1.29 is 4.79 Å². The van der Waals surface area contributed by atoms with E-state index in [2.05, 4.69) is 25.3 Å². The van der Waals surface area contributed by atoms with Crippen LogP contribution in [0.1, 0.15) is 48.4 Å². The Bertz CT molecular complexity index is 393. The van der Waals surface area contributed by atoms with Crippen LogP contribution < -0.4 is 0 Å². The molecule has 96 valence electrons. The van der Waals surface area contributed by atoms with Crippen LogP contribution >= 0.6 is 11.6 Å². The Labute approximate surface area is 109 Å². The molecule has 1 aromatic heterocycles.